The first kappa shape index (κ1) is 13.6. The summed E-state index contributed by atoms with van der Waals surface area (Å²) in [6.07, 6.45) is 3.24. The summed E-state index contributed by atoms with van der Waals surface area (Å²) in [7, 11) is 0. The van der Waals surface area contributed by atoms with Crippen molar-refractivity contribution in [2.24, 2.45) is 0 Å². The van der Waals surface area contributed by atoms with Gasteiger partial charge < -0.3 is 10.6 Å². The Balaban J connectivity index is 1.96. The van der Waals surface area contributed by atoms with Crippen molar-refractivity contribution in [2.45, 2.75) is 38.3 Å². The molecule has 2 atom stereocenters. The summed E-state index contributed by atoms with van der Waals surface area (Å²) < 4.78 is 1.04. The molecular formula is C14H19BrN2O. The van der Waals surface area contributed by atoms with Crippen LogP contribution in [0.5, 0.6) is 0 Å². The highest BCUT2D eigenvalue weighted by molar-refractivity contribution is 9.10. The van der Waals surface area contributed by atoms with Gasteiger partial charge in [0.05, 0.1) is 12.1 Å². The van der Waals surface area contributed by atoms with E-state index in [0.29, 0.717) is 0 Å². The highest BCUT2D eigenvalue weighted by Gasteiger charge is 2.22. The molecule has 1 aromatic carbocycles. The van der Waals surface area contributed by atoms with Crippen molar-refractivity contribution in [2.75, 3.05) is 6.54 Å². The molecule has 0 aliphatic carbocycles. The van der Waals surface area contributed by atoms with E-state index in [1.165, 1.54) is 6.42 Å². The average molecular weight is 311 g/mol. The minimum Gasteiger partial charge on any atom is -0.348 e. The number of benzene rings is 1. The molecule has 0 spiro atoms. The lowest BCUT2D eigenvalue weighted by molar-refractivity contribution is -0.124. The van der Waals surface area contributed by atoms with E-state index in [-0.39, 0.29) is 18.0 Å². The second-order valence-electron chi connectivity index (χ2n) is 4.75. The molecule has 2 rings (SSSR count). The molecule has 0 bridgehead atoms. The van der Waals surface area contributed by atoms with E-state index in [2.05, 4.69) is 26.6 Å². The zero-order valence-corrected chi connectivity index (χ0v) is 12.2. The van der Waals surface area contributed by atoms with E-state index < -0.39 is 0 Å². The molecule has 1 aliphatic heterocycles. The van der Waals surface area contributed by atoms with Crippen LogP contribution in [0.3, 0.4) is 0 Å². The van der Waals surface area contributed by atoms with Crippen LogP contribution in [0.2, 0.25) is 0 Å². The van der Waals surface area contributed by atoms with Crippen LogP contribution >= 0.6 is 15.9 Å². The number of amides is 1. The first-order valence-electron chi connectivity index (χ1n) is 6.46. The molecule has 1 amide bonds. The van der Waals surface area contributed by atoms with Gasteiger partial charge in [-0.05, 0) is 37.9 Å². The maximum atomic E-state index is 12.1. The van der Waals surface area contributed by atoms with Gasteiger partial charge in [0.25, 0.3) is 0 Å². The standard InChI is InChI=1S/C14H19BrN2O/c1-10(11-6-2-3-7-12(11)15)17-14(18)13-8-4-5-9-16-13/h2-3,6-7,10,13,16H,4-5,8-9H2,1H3,(H,17,18)/t10-,13?/m1/s1. The van der Waals surface area contributed by atoms with Crippen molar-refractivity contribution in [1.29, 1.82) is 0 Å². The Bertz CT molecular complexity index is 416. The van der Waals surface area contributed by atoms with Gasteiger partial charge in [0.15, 0.2) is 0 Å². The van der Waals surface area contributed by atoms with Gasteiger partial charge in [-0.1, -0.05) is 40.5 Å². The molecule has 1 fully saturated rings. The lowest BCUT2D eigenvalue weighted by Crippen LogP contribution is -2.47. The van der Waals surface area contributed by atoms with E-state index in [0.717, 1.165) is 29.4 Å². The maximum Gasteiger partial charge on any atom is 0.237 e. The summed E-state index contributed by atoms with van der Waals surface area (Å²) in [5.74, 6) is 0.109. The van der Waals surface area contributed by atoms with Gasteiger partial charge in [0.2, 0.25) is 5.91 Å². The minimum atomic E-state index is -0.0244. The van der Waals surface area contributed by atoms with Gasteiger partial charge in [0.1, 0.15) is 0 Å². The molecule has 0 radical (unpaired) electrons. The number of hydrogen-bond donors (Lipinski definition) is 2. The molecule has 1 aliphatic rings. The fourth-order valence-electron chi connectivity index (χ4n) is 2.29. The highest BCUT2D eigenvalue weighted by Crippen LogP contribution is 2.23. The number of piperidine rings is 1. The molecule has 0 saturated carbocycles. The minimum absolute atomic E-state index is 0.0244. The normalized spacial score (nSPS) is 21.3. The molecule has 98 valence electrons. The number of hydrogen-bond acceptors (Lipinski definition) is 2. The van der Waals surface area contributed by atoms with Gasteiger partial charge in [-0.15, -0.1) is 0 Å². The summed E-state index contributed by atoms with van der Waals surface area (Å²) in [5.41, 5.74) is 1.11. The van der Waals surface area contributed by atoms with Gasteiger partial charge in [-0.2, -0.15) is 0 Å². The number of rotatable bonds is 3. The molecule has 4 heteroatoms. The number of carbonyl (C=O) groups excluding carboxylic acids is 1. The van der Waals surface area contributed by atoms with Crippen molar-refractivity contribution >= 4 is 21.8 Å². The summed E-state index contributed by atoms with van der Waals surface area (Å²) in [4.78, 5) is 12.1. The van der Waals surface area contributed by atoms with Gasteiger partial charge in [0, 0.05) is 4.47 Å². The molecular weight excluding hydrogens is 292 g/mol. The summed E-state index contributed by atoms with van der Waals surface area (Å²) in [6, 6.07) is 7.99. The van der Waals surface area contributed by atoms with E-state index >= 15 is 0 Å². The van der Waals surface area contributed by atoms with Crippen LogP contribution < -0.4 is 10.6 Å². The monoisotopic (exact) mass is 310 g/mol. The Kier molecular flexibility index (Phi) is 4.78. The van der Waals surface area contributed by atoms with Crippen LogP contribution in [-0.4, -0.2) is 18.5 Å². The van der Waals surface area contributed by atoms with Gasteiger partial charge in [-0.25, -0.2) is 0 Å². The molecule has 1 aromatic rings. The third-order valence-corrected chi connectivity index (χ3v) is 4.08. The predicted molar refractivity (Wildman–Crippen MR) is 76.3 cm³/mol. The highest BCUT2D eigenvalue weighted by atomic mass is 79.9. The Hall–Kier alpha value is -0.870. The average Bonchev–Trinajstić information content (AvgIpc) is 2.40. The quantitative estimate of drug-likeness (QED) is 0.901. The van der Waals surface area contributed by atoms with Crippen LogP contribution in [0.1, 0.15) is 37.8 Å². The number of nitrogens with one attached hydrogen (secondary N) is 2. The third kappa shape index (κ3) is 3.33. The molecule has 1 heterocycles. The van der Waals surface area contributed by atoms with E-state index in [1.807, 2.05) is 31.2 Å². The Morgan fingerprint density at radius 2 is 2.22 bits per heavy atom. The second kappa shape index (κ2) is 6.34. The van der Waals surface area contributed by atoms with Crippen LogP contribution in [0, 0.1) is 0 Å². The molecule has 1 saturated heterocycles. The van der Waals surface area contributed by atoms with Crippen molar-refractivity contribution in [3.05, 3.63) is 34.3 Å². The zero-order chi connectivity index (χ0) is 13.0. The Morgan fingerprint density at radius 1 is 1.44 bits per heavy atom. The fraction of sp³-hybridized carbons (Fsp3) is 0.500. The predicted octanol–water partition coefficient (Wildman–Crippen LogP) is 2.77. The van der Waals surface area contributed by atoms with Crippen LogP contribution in [0.4, 0.5) is 0 Å². The Morgan fingerprint density at radius 3 is 2.89 bits per heavy atom. The van der Waals surface area contributed by atoms with E-state index in [1.54, 1.807) is 0 Å². The lowest BCUT2D eigenvalue weighted by atomic mass is 10.0. The van der Waals surface area contributed by atoms with Crippen molar-refractivity contribution in [1.82, 2.24) is 10.6 Å². The van der Waals surface area contributed by atoms with E-state index in [4.69, 9.17) is 0 Å². The first-order valence-corrected chi connectivity index (χ1v) is 7.26. The number of halogens is 1. The second-order valence-corrected chi connectivity index (χ2v) is 5.61. The summed E-state index contributed by atoms with van der Waals surface area (Å²) in [5, 5.41) is 6.34. The molecule has 1 unspecified atom stereocenters. The summed E-state index contributed by atoms with van der Waals surface area (Å²) in [6.45, 7) is 2.96. The summed E-state index contributed by atoms with van der Waals surface area (Å²) >= 11 is 3.52. The fourth-order valence-corrected chi connectivity index (χ4v) is 2.92. The van der Waals surface area contributed by atoms with Crippen LogP contribution in [-0.2, 0) is 4.79 Å². The van der Waals surface area contributed by atoms with Crippen molar-refractivity contribution < 1.29 is 4.79 Å². The molecule has 0 aromatic heterocycles. The van der Waals surface area contributed by atoms with Crippen molar-refractivity contribution in [3.63, 3.8) is 0 Å². The molecule has 2 N–H and O–H groups in total. The number of carbonyl (C=O) groups is 1. The molecule has 18 heavy (non-hydrogen) atoms. The van der Waals surface area contributed by atoms with Gasteiger partial charge >= 0.3 is 0 Å². The SMILES string of the molecule is C[C@@H](NC(=O)C1CCCCN1)c1ccccc1Br. The van der Waals surface area contributed by atoms with Crippen LogP contribution in [0.15, 0.2) is 28.7 Å². The van der Waals surface area contributed by atoms with Crippen molar-refractivity contribution in [3.8, 4) is 0 Å². The topological polar surface area (TPSA) is 41.1 Å². The van der Waals surface area contributed by atoms with Crippen LogP contribution in [0.25, 0.3) is 0 Å². The lowest BCUT2D eigenvalue weighted by Gasteiger charge is -2.25. The first-order chi connectivity index (χ1) is 8.68. The third-order valence-electron chi connectivity index (χ3n) is 3.36. The smallest absolute Gasteiger partial charge is 0.237 e. The van der Waals surface area contributed by atoms with E-state index in [9.17, 15) is 4.79 Å². The Labute approximate surface area is 116 Å². The molecule has 3 nitrogen and oxygen atoms in total. The maximum absolute atomic E-state index is 12.1. The zero-order valence-electron chi connectivity index (χ0n) is 10.6. The van der Waals surface area contributed by atoms with Gasteiger partial charge in [-0.3, -0.25) is 4.79 Å². The largest absolute Gasteiger partial charge is 0.348 e.